The number of anilines is 1. The zero-order valence-corrected chi connectivity index (χ0v) is 23.7. The molecular weight excluding hydrogens is 539 g/mol. The first-order valence-corrected chi connectivity index (χ1v) is 15.0. The Hall–Kier alpha value is -2.79. The van der Waals surface area contributed by atoms with Crippen LogP contribution in [0.4, 0.5) is 18.9 Å². The summed E-state index contributed by atoms with van der Waals surface area (Å²) in [6, 6.07) is 13.1. The van der Waals surface area contributed by atoms with Crippen molar-refractivity contribution in [2.24, 2.45) is 0 Å². The lowest BCUT2D eigenvalue weighted by Gasteiger charge is -2.30. The molecule has 0 saturated carbocycles. The van der Waals surface area contributed by atoms with E-state index in [1.54, 1.807) is 6.07 Å². The Morgan fingerprint density at radius 3 is 1.92 bits per heavy atom. The fraction of sp³-hybridized carbons (Fsp3) is 0.407. The predicted molar refractivity (Wildman–Crippen MR) is 143 cm³/mol. The monoisotopic (exact) mass is 571 g/mol. The maximum atomic E-state index is 13.5. The van der Waals surface area contributed by atoms with Crippen molar-refractivity contribution in [2.75, 3.05) is 4.72 Å². The fourth-order valence-corrected chi connectivity index (χ4v) is 5.63. The number of hydrogen-bond acceptors (Lipinski definition) is 5. The van der Waals surface area contributed by atoms with Gasteiger partial charge in [-0.1, -0.05) is 77.9 Å². The SMILES string of the molecule is CCC(C)(C)c1ccc(OS(=O)(=O)c2ccc(NS(=O)(=O)C(F)(F)F)c3ccccc23)c(C(C)(C)CC)c1. The van der Waals surface area contributed by atoms with Crippen molar-refractivity contribution in [3.8, 4) is 5.75 Å². The number of alkyl halides is 3. The highest BCUT2D eigenvalue weighted by Crippen LogP contribution is 2.40. The summed E-state index contributed by atoms with van der Waals surface area (Å²) in [4.78, 5) is -0.304. The molecule has 0 aliphatic heterocycles. The molecule has 208 valence electrons. The topological polar surface area (TPSA) is 89.5 Å². The van der Waals surface area contributed by atoms with E-state index in [-0.39, 0.29) is 26.8 Å². The van der Waals surface area contributed by atoms with E-state index >= 15 is 0 Å². The van der Waals surface area contributed by atoms with Gasteiger partial charge in [-0.05, 0) is 47.4 Å². The molecule has 6 nitrogen and oxygen atoms in total. The standard InChI is InChI=1S/C27H32F3NO5S2/c1-7-25(3,4)18-13-15-23(21(17-18)26(5,6)8-2)36-37(32,33)24-16-14-22(19-11-9-10-12-20(19)24)31-38(34,35)27(28,29)30/h9-17,31H,7-8H2,1-6H3. The first-order chi connectivity index (χ1) is 17.4. The predicted octanol–water partition coefficient (Wildman–Crippen LogP) is 7.24. The molecule has 3 rings (SSSR count). The normalized spacial score (nSPS) is 13.5. The minimum absolute atomic E-state index is 0.00918. The van der Waals surface area contributed by atoms with E-state index in [1.165, 1.54) is 29.0 Å². The van der Waals surface area contributed by atoms with Crippen LogP contribution in [0.15, 0.2) is 59.5 Å². The van der Waals surface area contributed by atoms with Crippen LogP contribution in [-0.2, 0) is 31.0 Å². The van der Waals surface area contributed by atoms with Gasteiger partial charge in [-0.3, -0.25) is 4.72 Å². The van der Waals surface area contributed by atoms with E-state index < -0.39 is 36.8 Å². The molecule has 0 amide bonds. The summed E-state index contributed by atoms with van der Waals surface area (Å²) in [7, 11) is -10.2. The summed E-state index contributed by atoms with van der Waals surface area (Å²) in [6.07, 6.45) is 1.57. The van der Waals surface area contributed by atoms with Gasteiger partial charge in [0.05, 0.1) is 5.69 Å². The van der Waals surface area contributed by atoms with Gasteiger partial charge in [-0.2, -0.15) is 30.0 Å². The highest BCUT2D eigenvalue weighted by atomic mass is 32.2. The van der Waals surface area contributed by atoms with Crippen LogP contribution < -0.4 is 8.91 Å². The van der Waals surface area contributed by atoms with Gasteiger partial charge in [0.15, 0.2) is 0 Å². The smallest absolute Gasteiger partial charge is 0.379 e. The van der Waals surface area contributed by atoms with Crippen molar-refractivity contribution in [1.82, 2.24) is 0 Å². The molecule has 0 heterocycles. The van der Waals surface area contributed by atoms with Crippen LogP contribution in [0.25, 0.3) is 10.8 Å². The first-order valence-electron chi connectivity index (χ1n) is 12.1. The second-order valence-electron chi connectivity index (χ2n) is 10.4. The van der Waals surface area contributed by atoms with Crippen LogP contribution in [0.2, 0.25) is 0 Å². The van der Waals surface area contributed by atoms with E-state index in [9.17, 15) is 30.0 Å². The van der Waals surface area contributed by atoms with Crippen LogP contribution >= 0.6 is 0 Å². The van der Waals surface area contributed by atoms with Crippen LogP contribution in [0.5, 0.6) is 5.75 Å². The van der Waals surface area contributed by atoms with Crippen LogP contribution in [0.1, 0.15) is 65.5 Å². The van der Waals surface area contributed by atoms with Gasteiger partial charge in [0, 0.05) is 16.3 Å². The molecule has 1 N–H and O–H groups in total. The zero-order chi connectivity index (χ0) is 28.7. The molecule has 0 spiro atoms. The van der Waals surface area contributed by atoms with Crippen molar-refractivity contribution >= 4 is 36.6 Å². The molecule has 0 aromatic heterocycles. The summed E-state index contributed by atoms with van der Waals surface area (Å²) >= 11 is 0. The van der Waals surface area contributed by atoms with Gasteiger partial charge >= 0.3 is 25.6 Å². The Bertz CT molecular complexity index is 1560. The van der Waals surface area contributed by atoms with Crippen molar-refractivity contribution < 1.29 is 34.2 Å². The van der Waals surface area contributed by atoms with Gasteiger partial charge < -0.3 is 4.18 Å². The van der Waals surface area contributed by atoms with Gasteiger partial charge in [0.25, 0.3) is 0 Å². The fourth-order valence-electron chi connectivity index (χ4n) is 3.89. The van der Waals surface area contributed by atoms with E-state index in [4.69, 9.17) is 4.18 Å². The Labute approximate surface area is 222 Å². The minimum Gasteiger partial charge on any atom is -0.379 e. The molecular formula is C27H32F3NO5S2. The lowest BCUT2D eigenvalue weighted by atomic mass is 9.76. The maximum Gasteiger partial charge on any atom is 0.516 e. The third-order valence-corrected chi connectivity index (χ3v) is 9.55. The summed E-state index contributed by atoms with van der Waals surface area (Å²) in [5, 5.41) is -0.0194. The largest absolute Gasteiger partial charge is 0.516 e. The Morgan fingerprint density at radius 2 is 1.37 bits per heavy atom. The number of hydrogen-bond donors (Lipinski definition) is 1. The van der Waals surface area contributed by atoms with Gasteiger partial charge in [0.1, 0.15) is 10.6 Å². The summed E-state index contributed by atoms with van der Waals surface area (Å²) in [6.45, 7) is 12.2. The van der Waals surface area contributed by atoms with Crippen LogP contribution in [-0.4, -0.2) is 22.3 Å². The summed E-state index contributed by atoms with van der Waals surface area (Å²) < 4.78 is 96.5. The second kappa shape index (κ2) is 10.1. The second-order valence-corrected chi connectivity index (χ2v) is 13.6. The van der Waals surface area contributed by atoms with E-state index in [0.717, 1.165) is 24.1 Å². The lowest BCUT2D eigenvalue weighted by Crippen LogP contribution is -2.30. The van der Waals surface area contributed by atoms with Crippen LogP contribution in [0.3, 0.4) is 0 Å². The number of nitrogens with one attached hydrogen (secondary N) is 1. The molecule has 0 atom stereocenters. The van der Waals surface area contributed by atoms with Crippen molar-refractivity contribution in [2.45, 2.75) is 75.6 Å². The zero-order valence-electron chi connectivity index (χ0n) is 22.1. The molecule has 3 aromatic rings. The molecule has 0 aliphatic rings. The van der Waals surface area contributed by atoms with Gasteiger partial charge in [-0.15, -0.1) is 0 Å². The molecule has 0 fully saturated rings. The Morgan fingerprint density at radius 1 is 0.789 bits per heavy atom. The van der Waals surface area contributed by atoms with Crippen molar-refractivity contribution in [1.29, 1.82) is 0 Å². The molecule has 0 bridgehead atoms. The number of sulfonamides is 1. The maximum absolute atomic E-state index is 13.5. The molecule has 0 unspecified atom stereocenters. The van der Waals surface area contributed by atoms with E-state index in [0.29, 0.717) is 12.0 Å². The van der Waals surface area contributed by atoms with Crippen LogP contribution in [0, 0.1) is 0 Å². The Kier molecular flexibility index (Phi) is 7.89. The highest BCUT2D eigenvalue weighted by Gasteiger charge is 2.46. The summed E-state index contributed by atoms with van der Waals surface area (Å²) in [5.41, 5.74) is -4.77. The molecule has 11 heteroatoms. The van der Waals surface area contributed by atoms with Gasteiger partial charge in [0.2, 0.25) is 0 Å². The summed E-state index contributed by atoms with van der Waals surface area (Å²) in [5.74, 6) is 0.151. The van der Waals surface area contributed by atoms with Crippen molar-refractivity contribution in [3.63, 3.8) is 0 Å². The van der Waals surface area contributed by atoms with Crippen molar-refractivity contribution in [3.05, 3.63) is 65.7 Å². The van der Waals surface area contributed by atoms with E-state index in [2.05, 4.69) is 20.8 Å². The molecule has 0 radical (unpaired) electrons. The number of halogens is 3. The highest BCUT2D eigenvalue weighted by molar-refractivity contribution is 7.93. The quantitative estimate of drug-likeness (QED) is 0.273. The molecule has 3 aromatic carbocycles. The molecule has 38 heavy (non-hydrogen) atoms. The molecule has 0 saturated heterocycles. The third kappa shape index (κ3) is 5.78. The average molecular weight is 572 g/mol. The van der Waals surface area contributed by atoms with E-state index in [1.807, 2.05) is 32.9 Å². The lowest BCUT2D eigenvalue weighted by molar-refractivity contribution is -0.0429. The number of benzene rings is 3. The number of fused-ring (bicyclic) bond motifs is 1. The minimum atomic E-state index is -5.71. The van der Waals surface area contributed by atoms with Gasteiger partial charge in [-0.25, -0.2) is 0 Å². The first kappa shape index (κ1) is 29.8. The third-order valence-electron chi connectivity index (χ3n) is 7.16. The Balaban J connectivity index is 2.15. The average Bonchev–Trinajstić information content (AvgIpc) is 2.83. The number of rotatable bonds is 9. The molecule has 0 aliphatic carbocycles.